The number of hydrogen-bond donors (Lipinski definition) is 3. The summed E-state index contributed by atoms with van der Waals surface area (Å²) in [6.45, 7) is 3.20. The van der Waals surface area contributed by atoms with E-state index in [9.17, 15) is 22.0 Å². The van der Waals surface area contributed by atoms with E-state index in [0.717, 1.165) is 12.3 Å². The molecule has 0 bridgehead atoms. The number of aromatic nitrogens is 1. The van der Waals surface area contributed by atoms with Gasteiger partial charge in [0, 0.05) is 24.2 Å². The van der Waals surface area contributed by atoms with Crippen LogP contribution in [0, 0.1) is 5.82 Å². The summed E-state index contributed by atoms with van der Waals surface area (Å²) in [5, 5.41) is 5.72. The Balaban J connectivity index is 2.02. The first-order valence-electron chi connectivity index (χ1n) is 9.12. The van der Waals surface area contributed by atoms with Crippen molar-refractivity contribution >= 4 is 33.5 Å². The number of nitrogens with one attached hydrogen (secondary N) is 3. The van der Waals surface area contributed by atoms with E-state index in [1.165, 1.54) is 24.3 Å². The van der Waals surface area contributed by atoms with Crippen molar-refractivity contribution in [2.75, 3.05) is 16.3 Å². The lowest BCUT2D eigenvalue weighted by Gasteiger charge is -2.12. The molecule has 30 heavy (non-hydrogen) atoms. The van der Waals surface area contributed by atoms with Crippen LogP contribution in [0.25, 0.3) is 6.08 Å². The Labute approximate surface area is 174 Å². The molecule has 1 heterocycles. The molecule has 0 spiro atoms. The smallest absolute Gasteiger partial charge is 0.244 e. The summed E-state index contributed by atoms with van der Waals surface area (Å²) in [6, 6.07) is 7.21. The fourth-order valence-corrected chi connectivity index (χ4v) is 3.04. The minimum absolute atomic E-state index is 0.0510. The molecular formula is C20H24F2N4O3S. The van der Waals surface area contributed by atoms with Gasteiger partial charge in [0.2, 0.25) is 15.9 Å². The average Bonchev–Trinajstić information content (AvgIpc) is 2.65. The van der Waals surface area contributed by atoms with Crippen LogP contribution in [0.3, 0.4) is 0 Å². The van der Waals surface area contributed by atoms with Crippen LogP contribution in [-0.2, 0) is 28.0 Å². The zero-order valence-electron chi connectivity index (χ0n) is 16.9. The molecule has 0 fully saturated rings. The van der Waals surface area contributed by atoms with Gasteiger partial charge in [0.25, 0.3) is 0 Å². The summed E-state index contributed by atoms with van der Waals surface area (Å²) in [7, 11) is -3.59. The number of alkyl halides is 1. The molecule has 0 saturated carbocycles. The Morgan fingerprint density at radius 2 is 1.97 bits per heavy atom. The largest absolute Gasteiger partial charge is 0.367 e. The van der Waals surface area contributed by atoms with Gasteiger partial charge >= 0.3 is 0 Å². The van der Waals surface area contributed by atoms with Gasteiger partial charge in [0.15, 0.2) is 0 Å². The molecule has 0 aliphatic carbocycles. The fourth-order valence-electron chi connectivity index (χ4n) is 2.47. The number of carbonyl (C=O) groups is 1. The minimum Gasteiger partial charge on any atom is -0.367 e. The van der Waals surface area contributed by atoms with Crippen molar-refractivity contribution in [3.63, 3.8) is 0 Å². The van der Waals surface area contributed by atoms with Gasteiger partial charge in [-0.25, -0.2) is 22.2 Å². The van der Waals surface area contributed by atoms with Crippen molar-refractivity contribution in [3.05, 3.63) is 59.0 Å². The zero-order chi connectivity index (χ0) is 22.3. The summed E-state index contributed by atoms with van der Waals surface area (Å²) < 4.78 is 51.3. The van der Waals surface area contributed by atoms with Crippen LogP contribution in [0.15, 0.2) is 36.4 Å². The highest BCUT2D eigenvalue weighted by atomic mass is 32.2. The van der Waals surface area contributed by atoms with Gasteiger partial charge in [-0.2, -0.15) is 0 Å². The third kappa shape index (κ3) is 7.43. The average molecular weight is 439 g/mol. The molecule has 2 aromatic rings. The number of amides is 1. The van der Waals surface area contributed by atoms with E-state index in [2.05, 4.69) is 20.3 Å². The maximum absolute atomic E-state index is 14.0. The summed E-state index contributed by atoms with van der Waals surface area (Å²) in [4.78, 5) is 16.3. The number of hydrogen-bond acceptors (Lipinski definition) is 5. The van der Waals surface area contributed by atoms with E-state index >= 15 is 0 Å². The normalized spacial score (nSPS) is 11.7. The second-order valence-corrected chi connectivity index (χ2v) is 8.66. The number of carbonyl (C=O) groups excluding carboxylic acids is 1. The van der Waals surface area contributed by atoms with E-state index in [1.807, 2.05) is 13.8 Å². The quantitative estimate of drug-likeness (QED) is 0.522. The predicted octanol–water partition coefficient (Wildman–Crippen LogP) is 3.21. The molecule has 0 saturated heterocycles. The summed E-state index contributed by atoms with van der Waals surface area (Å²) in [5.41, 5.74) is 1.21. The van der Waals surface area contributed by atoms with Crippen LogP contribution in [0.4, 0.5) is 20.3 Å². The Hall–Kier alpha value is -3.01. The van der Waals surface area contributed by atoms with Crippen LogP contribution in [0.5, 0.6) is 0 Å². The van der Waals surface area contributed by atoms with Crippen molar-refractivity contribution < 1.29 is 22.0 Å². The number of anilines is 2. The predicted molar refractivity (Wildman–Crippen MR) is 114 cm³/mol. The van der Waals surface area contributed by atoms with Crippen LogP contribution >= 0.6 is 0 Å². The van der Waals surface area contributed by atoms with E-state index in [4.69, 9.17) is 0 Å². The standard InChI is InChI=1S/C20H24F2N4O3S/c1-13(2)24-20-15(5-7-16(11-21)25-20)6-9-19(27)23-12-14-4-8-18(17(22)10-14)26-30(3,28)29/h4-10,13,26H,11-12H2,1-3H3,(H,23,27)(H,24,25)/b9-6+. The second kappa shape index (κ2) is 10.1. The third-order valence-electron chi connectivity index (χ3n) is 3.76. The Kier molecular flexibility index (Phi) is 7.87. The van der Waals surface area contributed by atoms with Crippen molar-refractivity contribution in [1.82, 2.24) is 10.3 Å². The van der Waals surface area contributed by atoms with E-state index in [0.29, 0.717) is 16.9 Å². The number of benzene rings is 1. The molecule has 1 aromatic heterocycles. The third-order valence-corrected chi connectivity index (χ3v) is 4.35. The van der Waals surface area contributed by atoms with Gasteiger partial charge in [0.05, 0.1) is 17.6 Å². The summed E-state index contributed by atoms with van der Waals surface area (Å²) in [5.74, 6) is -0.690. The fraction of sp³-hybridized carbons (Fsp3) is 0.300. The summed E-state index contributed by atoms with van der Waals surface area (Å²) in [6.07, 6.45) is 3.78. The van der Waals surface area contributed by atoms with Gasteiger partial charge in [-0.3, -0.25) is 9.52 Å². The number of halogens is 2. The first kappa shape index (κ1) is 23.3. The van der Waals surface area contributed by atoms with Gasteiger partial charge < -0.3 is 10.6 Å². The van der Waals surface area contributed by atoms with Crippen LogP contribution in [0.1, 0.15) is 30.7 Å². The Bertz CT molecular complexity index is 1040. The molecule has 0 unspecified atom stereocenters. The van der Waals surface area contributed by atoms with Crippen LogP contribution in [-0.4, -0.2) is 31.6 Å². The van der Waals surface area contributed by atoms with Gasteiger partial charge in [-0.05, 0) is 49.8 Å². The van der Waals surface area contributed by atoms with Crippen molar-refractivity contribution in [3.8, 4) is 0 Å². The molecule has 2 rings (SSSR count). The molecule has 0 atom stereocenters. The second-order valence-electron chi connectivity index (χ2n) is 6.91. The van der Waals surface area contributed by atoms with Crippen molar-refractivity contribution in [2.45, 2.75) is 33.1 Å². The Morgan fingerprint density at radius 1 is 1.23 bits per heavy atom. The van der Waals surface area contributed by atoms with Crippen molar-refractivity contribution in [1.29, 1.82) is 0 Å². The lowest BCUT2D eigenvalue weighted by Crippen LogP contribution is -2.20. The molecule has 1 aromatic carbocycles. The maximum atomic E-state index is 14.0. The Morgan fingerprint density at radius 3 is 2.57 bits per heavy atom. The molecule has 7 nitrogen and oxygen atoms in total. The van der Waals surface area contributed by atoms with Crippen LogP contribution < -0.4 is 15.4 Å². The van der Waals surface area contributed by atoms with Crippen molar-refractivity contribution in [2.24, 2.45) is 0 Å². The van der Waals surface area contributed by atoms with Gasteiger partial charge in [0.1, 0.15) is 18.3 Å². The molecule has 0 aliphatic rings. The van der Waals surface area contributed by atoms with E-state index < -0.39 is 28.4 Å². The highest BCUT2D eigenvalue weighted by Crippen LogP contribution is 2.18. The highest BCUT2D eigenvalue weighted by molar-refractivity contribution is 7.92. The maximum Gasteiger partial charge on any atom is 0.244 e. The number of nitrogens with zero attached hydrogens (tertiary/aromatic N) is 1. The molecule has 3 N–H and O–H groups in total. The van der Waals surface area contributed by atoms with E-state index in [-0.39, 0.29) is 24.0 Å². The molecule has 162 valence electrons. The molecule has 10 heteroatoms. The number of sulfonamides is 1. The monoisotopic (exact) mass is 438 g/mol. The number of rotatable bonds is 9. The lowest BCUT2D eigenvalue weighted by atomic mass is 10.2. The topological polar surface area (TPSA) is 100 Å². The molecule has 1 amide bonds. The molecule has 0 aliphatic heterocycles. The number of pyridine rings is 1. The van der Waals surface area contributed by atoms with Crippen LogP contribution in [0.2, 0.25) is 0 Å². The summed E-state index contributed by atoms with van der Waals surface area (Å²) >= 11 is 0. The van der Waals surface area contributed by atoms with E-state index in [1.54, 1.807) is 12.1 Å². The minimum atomic E-state index is -3.59. The van der Waals surface area contributed by atoms with Gasteiger partial charge in [-0.15, -0.1) is 0 Å². The SMILES string of the molecule is CC(C)Nc1nc(CF)ccc1/C=C/C(=O)NCc1ccc(NS(C)(=O)=O)c(F)c1. The molecule has 0 radical (unpaired) electrons. The molecular weight excluding hydrogens is 414 g/mol. The lowest BCUT2D eigenvalue weighted by molar-refractivity contribution is -0.116. The van der Waals surface area contributed by atoms with Gasteiger partial charge in [-0.1, -0.05) is 6.07 Å². The first-order valence-corrected chi connectivity index (χ1v) is 11.0. The first-order chi connectivity index (χ1) is 14.1. The zero-order valence-corrected chi connectivity index (χ0v) is 17.7. The highest BCUT2D eigenvalue weighted by Gasteiger charge is 2.09.